The van der Waals surface area contributed by atoms with Gasteiger partial charge in [0.2, 0.25) is 11.8 Å². The Morgan fingerprint density at radius 2 is 1.11 bits per heavy atom. The summed E-state index contributed by atoms with van der Waals surface area (Å²) >= 11 is 0. The van der Waals surface area contributed by atoms with Crippen molar-refractivity contribution in [3.8, 4) is 23.7 Å². The van der Waals surface area contributed by atoms with Gasteiger partial charge in [-0.05, 0) is 86.3 Å². The minimum Gasteiger partial charge on any atom is -0.339 e. The van der Waals surface area contributed by atoms with Crippen molar-refractivity contribution in [2.24, 2.45) is 0 Å². The number of likely N-dealkylation sites (tertiary alicyclic amines) is 2. The normalized spacial score (nSPS) is 22.9. The van der Waals surface area contributed by atoms with Crippen molar-refractivity contribution < 1.29 is 24.0 Å². The molecular formula is C44H38N4O5. The molecule has 0 aromatic heterocycles. The fraction of sp³-hybridized carbons (Fsp3) is 0.250. The molecule has 4 aromatic carbocycles. The largest absolute Gasteiger partial charge is 0.339 e. The molecule has 1 N–H and O–H groups in total. The highest BCUT2D eigenvalue weighted by molar-refractivity contribution is 6.06. The molecule has 9 heteroatoms. The Morgan fingerprint density at radius 3 is 1.60 bits per heavy atom. The van der Waals surface area contributed by atoms with Crippen LogP contribution in [0.1, 0.15) is 60.1 Å². The Morgan fingerprint density at radius 1 is 0.660 bits per heavy atom. The van der Waals surface area contributed by atoms with E-state index in [0.717, 1.165) is 38.3 Å². The average Bonchev–Trinajstić information content (AvgIpc) is 3.77. The van der Waals surface area contributed by atoms with E-state index in [2.05, 4.69) is 29.0 Å². The van der Waals surface area contributed by atoms with Crippen molar-refractivity contribution in [1.29, 1.82) is 0 Å². The van der Waals surface area contributed by atoms with E-state index in [-0.39, 0.29) is 24.9 Å². The molecule has 4 aromatic rings. The summed E-state index contributed by atoms with van der Waals surface area (Å²) in [6.45, 7) is 4.14. The predicted molar refractivity (Wildman–Crippen MR) is 199 cm³/mol. The molecular weight excluding hydrogens is 665 g/mol. The number of hydrogen-bond donors (Lipinski definition) is 1. The zero-order valence-corrected chi connectivity index (χ0v) is 29.5. The fourth-order valence-electron chi connectivity index (χ4n) is 7.42. The number of carbonyl (C=O) groups is 5. The van der Waals surface area contributed by atoms with Crippen LogP contribution in [0.15, 0.2) is 109 Å². The summed E-state index contributed by atoms with van der Waals surface area (Å²) in [6.07, 6.45) is 0.0963. The van der Waals surface area contributed by atoms with Crippen LogP contribution >= 0.6 is 0 Å². The maximum Gasteiger partial charge on any atom is 0.326 e. The van der Waals surface area contributed by atoms with Crippen LogP contribution in [0, 0.1) is 23.7 Å². The molecule has 53 heavy (non-hydrogen) atoms. The van der Waals surface area contributed by atoms with Crippen LogP contribution in [0.25, 0.3) is 0 Å². The third kappa shape index (κ3) is 6.70. The van der Waals surface area contributed by atoms with Gasteiger partial charge in [-0.15, -0.1) is 0 Å². The van der Waals surface area contributed by atoms with Gasteiger partial charge >= 0.3 is 6.03 Å². The SMILES string of the molecule is CC1(c2ccc(C#Cc3ccccc3)cc2)CCN(CC2C(=O)NC(=O)N2C(C=O)N2CCC(C)(c3ccc(C#Cc4ccccc4)cc3)C2=O)C1=O. The van der Waals surface area contributed by atoms with E-state index in [1.165, 1.54) is 4.90 Å². The van der Waals surface area contributed by atoms with Crippen LogP contribution in [0.4, 0.5) is 4.79 Å². The Kier molecular flexibility index (Phi) is 9.43. The standard InChI is InChI=1S/C44H38N4O5/c1-43(35-21-17-33(18-22-35)15-13-31-9-5-3-6-10-31)25-27-46(40(43)51)29-37-39(50)45-42(53)48(37)38(30-49)47-28-26-44(2,41(47)52)36-23-19-34(20-24-36)16-14-32-11-7-4-8-12-32/h3-12,17-24,30,37-38H,25-29H2,1-2H3,(H,45,50,53). The van der Waals surface area contributed by atoms with E-state index in [1.54, 1.807) is 4.90 Å². The maximum atomic E-state index is 14.1. The molecule has 3 heterocycles. The molecule has 4 unspecified atom stereocenters. The smallest absolute Gasteiger partial charge is 0.326 e. The van der Waals surface area contributed by atoms with Gasteiger partial charge < -0.3 is 9.80 Å². The zero-order chi connectivity index (χ0) is 37.2. The summed E-state index contributed by atoms with van der Waals surface area (Å²) in [7, 11) is 0. The molecule has 3 aliphatic heterocycles. The molecule has 3 aliphatic rings. The number of imide groups is 1. The molecule has 0 aliphatic carbocycles. The second-order valence-electron chi connectivity index (χ2n) is 14.1. The third-order valence-corrected chi connectivity index (χ3v) is 10.7. The first-order chi connectivity index (χ1) is 25.6. The third-order valence-electron chi connectivity index (χ3n) is 10.7. The number of nitrogens with one attached hydrogen (secondary N) is 1. The van der Waals surface area contributed by atoms with Crippen molar-refractivity contribution in [2.75, 3.05) is 19.6 Å². The number of nitrogens with zero attached hydrogens (tertiary/aromatic N) is 3. The van der Waals surface area contributed by atoms with Crippen LogP contribution in [-0.2, 0) is 30.0 Å². The number of urea groups is 1. The average molecular weight is 703 g/mol. The van der Waals surface area contributed by atoms with Crippen LogP contribution in [0.5, 0.6) is 0 Å². The lowest BCUT2D eigenvalue weighted by molar-refractivity contribution is -0.142. The van der Waals surface area contributed by atoms with Gasteiger partial charge in [0.25, 0.3) is 5.91 Å². The van der Waals surface area contributed by atoms with Crippen molar-refractivity contribution in [2.45, 2.75) is 49.7 Å². The highest BCUT2D eigenvalue weighted by Gasteiger charge is 2.53. The summed E-state index contributed by atoms with van der Waals surface area (Å²) in [5.74, 6) is 11.4. The molecule has 7 rings (SSSR count). The summed E-state index contributed by atoms with van der Waals surface area (Å²) in [5, 5.41) is 2.31. The highest BCUT2D eigenvalue weighted by Crippen LogP contribution is 2.39. The van der Waals surface area contributed by atoms with Gasteiger partial charge in [0.1, 0.15) is 6.04 Å². The molecule has 5 amide bonds. The van der Waals surface area contributed by atoms with Crippen molar-refractivity contribution >= 4 is 30.0 Å². The number of aldehydes is 1. The highest BCUT2D eigenvalue weighted by atomic mass is 16.2. The second-order valence-corrected chi connectivity index (χ2v) is 14.1. The fourth-order valence-corrected chi connectivity index (χ4v) is 7.42. The molecule has 0 spiro atoms. The summed E-state index contributed by atoms with van der Waals surface area (Å²) in [5.41, 5.74) is 3.18. The quantitative estimate of drug-likeness (QED) is 0.172. The lowest BCUT2D eigenvalue weighted by Gasteiger charge is -2.36. The first-order valence-corrected chi connectivity index (χ1v) is 17.6. The number of rotatable bonds is 7. The molecule has 4 atom stereocenters. The van der Waals surface area contributed by atoms with E-state index in [9.17, 15) is 24.0 Å². The van der Waals surface area contributed by atoms with Gasteiger partial charge in [-0.1, -0.05) is 84.3 Å². The Bertz CT molecular complexity index is 2200. The summed E-state index contributed by atoms with van der Waals surface area (Å²) in [4.78, 5) is 71.2. The Balaban J connectivity index is 1.04. The van der Waals surface area contributed by atoms with Gasteiger partial charge in [0, 0.05) is 35.3 Å². The number of hydrogen-bond acceptors (Lipinski definition) is 5. The number of amides is 5. The molecule has 3 saturated heterocycles. The van der Waals surface area contributed by atoms with Crippen LogP contribution in [0.2, 0.25) is 0 Å². The molecule has 9 nitrogen and oxygen atoms in total. The Labute approximate surface area is 309 Å². The predicted octanol–water partition coefficient (Wildman–Crippen LogP) is 4.61. The van der Waals surface area contributed by atoms with Crippen molar-refractivity contribution in [3.05, 3.63) is 143 Å². The van der Waals surface area contributed by atoms with E-state index < -0.39 is 35.0 Å². The van der Waals surface area contributed by atoms with Gasteiger partial charge in [-0.2, -0.15) is 0 Å². The van der Waals surface area contributed by atoms with E-state index in [4.69, 9.17) is 0 Å². The van der Waals surface area contributed by atoms with Gasteiger partial charge in [-0.25, -0.2) is 4.79 Å². The van der Waals surface area contributed by atoms with Crippen molar-refractivity contribution in [1.82, 2.24) is 20.0 Å². The first-order valence-electron chi connectivity index (χ1n) is 17.6. The van der Waals surface area contributed by atoms with Crippen molar-refractivity contribution in [3.63, 3.8) is 0 Å². The molecule has 264 valence electrons. The van der Waals surface area contributed by atoms with Gasteiger partial charge in [0.05, 0.1) is 17.4 Å². The van der Waals surface area contributed by atoms with Gasteiger partial charge in [0.15, 0.2) is 12.5 Å². The van der Waals surface area contributed by atoms with E-state index >= 15 is 0 Å². The minimum atomic E-state index is -1.33. The lowest BCUT2D eigenvalue weighted by atomic mass is 9.81. The second kappa shape index (κ2) is 14.3. The molecule has 3 fully saturated rings. The van der Waals surface area contributed by atoms with Crippen LogP contribution < -0.4 is 5.32 Å². The maximum absolute atomic E-state index is 14.1. The topological polar surface area (TPSA) is 107 Å². The monoisotopic (exact) mass is 702 g/mol. The molecule has 0 bridgehead atoms. The Hall–Kier alpha value is -6.45. The first kappa shape index (κ1) is 35.0. The van der Waals surface area contributed by atoms with E-state index in [1.807, 2.05) is 123 Å². The number of benzene rings is 4. The molecule has 0 radical (unpaired) electrons. The van der Waals surface area contributed by atoms with Crippen LogP contribution in [0.3, 0.4) is 0 Å². The van der Waals surface area contributed by atoms with Gasteiger partial charge in [-0.3, -0.25) is 29.4 Å². The summed E-state index contributed by atoms with van der Waals surface area (Å²) < 4.78 is 0. The lowest BCUT2D eigenvalue weighted by Crippen LogP contribution is -2.57. The van der Waals surface area contributed by atoms with E-state index in [0.29, 0.717) is 25.7 Å². The summed E-state index contributed by atoms with van der Waals surface area (Å²) in [6, 6.07) is 32.4. The number of carbonyl (C=O) groups excluding carboxylic acids is 5. The molecule has 0 saturated carbocycles. The minimum absolute atomic E-state index is 0.109. The van der Waals surface area contributed by atoms with Crippen LogP contribution in [-0.4, -0.2) is 76.6 Å². The zero-order valence-electron chi connectivity index (χ0n) is 29.5.